The molecule has 0 atom stereocenters. The van der Waals surface area contributed by atoms with Crippen LogP contribution in [-0.2, 0) is 13.1 Å². The highest BCUT2D eigenvalue weighted by molar-refractivity contribution is 14.0. The molecule has 3 aromatic rings. The van der Waals surface area contributed by atoms with Gasteiger partial charge in [-0.2, -0.15) is 0 Å². The zero-order valence-corrected chi connectivity index (χ0v) is 16.9. The summed E-state index contributed by atoms with van der Waals surface area (Å²) in [7, 11) is 0. The van der Waals surface area contributed by atoms with Crippen molar-refractivity contribution in [1.82, 2.24) is 10.3 Å². The van der Waals surface area contributed by atoms with Crippen LogP contribution < -0.4 is 15.8 Å². The molecule has 3 rings (SSSR count). The zero-order chi connectivity index (χ0) is 19.3. The lowest BCUT2D eigenvalue weighted by atomic mass is 10.1. The minimum absolute atomic E-state index is 0. The average molecular weight is 502 g/mol. The molecule has 5 nitrogen and oxygen atoms in total. The van der Waals surface area contributed by atoms with Crippen LogP contribution in [0.4, 0.5) is 13.2 Å². The normalized spacial score (nSPS) is 11.8. The highest BCUT2D eigenvalue weighted by Crippen LogP contribution is 2.22. The predicted molar refractivity (Wildman–Crippen MR) is 112 cm³/mol. The van der Waals surface area contributed by atoms with E-state index in [1.807, 2.05) is 30.3 Å². The molecule has 2 aromatic carbocycles. The summed E-state index contributed by atoms with van der Waals surface area (Å²) < 4.78 is 40.3. The largest absolute Gasteiger partial charge is 0.573 e. The van der Waals surface area contributed by atoms with E-state index < -0.39 is 6.36 Å². The Morgan fingerprint density at radius 1 is 1.07 bits per heavy atom. The van der Waals surface area contributed by atoms with Crippen LogP contribution in [0.15, 0.2) is 65.8 Å². The van der Waals surface area contributed by atoms with Gasteiger partial charge in [0.15, 0.2) is 5.96 Å². The first-order valence-corrected chi connectivity index (χ1v) is 8.12. The predicted octanol–water partition coefficient (Wildman–Crippen LogP) is 4.36. The number of hydrogen-bond acceptors (Lipinski definition) is 3. The topological polar surface area (TPSA) is 72.5 Å². The molecule has 0 aliphatic heterocycles. The molecule has 0 bridgehead atoms. The molecule has 0 aliphatic carbocycles. The summed E-state index contributed by atoms with van der Waals surface area (Å²) >= 11 is 0. The first kappa shape index (κ1) is 21.7. The van der Waals surface area contributed by atoms with Crippen molar-refractivity contribution in [1.29, 1.82) is 0 Å². The summed E-state index contributed by atoms with van der Waals surface area (Å²) in [5.41, 5.74) is 8.46. The van der Waals surface area contributed by atoms with Gasteiger partial charge in [0.05, 0.1) is 12.1 Å². The second-order valence-corrected chi connectivity index (χ2v) is 5.74. The Labute approximate surface area is 176 Å². The SMILES string of the molecule is I.NC(=NCc1ccc(OC(F)(F)F)cc1)NCc1cccc2cccnc12. The van der Waals surface area contributed by atoms with Crippen molar-refractivity contribution in [2.24, 2.45) is 10.7 Å². The smallest absolute Gasteiger partial charge is 0.406 e. The molecule has 0 saturated carbocycles. The number of aliphatic imine (C=N–C) groups is 1. The van der Waals surface area contributed by atoms with Crippen molar-refractivity contribution in [3.63, 3.8) is 0 Å². The van der Waals surface area contributed by atoms with Gasteiger partial charge in [0.1, 0.15) is 5.75 Å². The summed E-state index contributed by atoms with van der Waals surface area (Å²) in [6, 6.07) is 15.2. The molecule has 0 fully saturated rings. The summed E-state index contributed by atoms with van der Waals surface area (Å²) in [4.78, 5) is 8.57. The Kier molecular flexibility index (Phi) is 7.44. The maximum absolute atomic E-state index is 12.1. The number of fused-ring (bicyclic) bond motifs is 1. The fourth-order valence-corrected chi connectivity index (χ4v) is 2.52. The van der Waals surface area contributed by atoms with Crippen molar-refractivity contribution in [3.8, 4) is 5.75 Å². The number of guanidine groups is 1. The third-order valence-corrected chi connectivity index (χ3v) is 3.77. The number of ether oxygens (including phenoxy) is 1. The molecule has 0 amide bonds. The fraction of sp³-hybridized carbons (Fsp3) is 0.158. The molecular formula is C19H18F3IN4O. The van der Waals surface area contributed by atoms with Gasteiger partial charge in [0.2, 0.25) is 0 Å². The van der Waals surface area contributed by atoms with E-state index in [1.54, 1.807) is 6.20 Å². The molecule has 0 unspecified atom stereocenters. The van der Waals surface area contributed by atoms with Crippen molar-refractivity contribution in [2.45, 2.75) is 19.5 Å². The summed E-state index contributed by atoms with van der Waals surface area (Å²) in [5, 5.41) is 4.05. The first-order valence-electron chi connectivity index (χ1n) is 8.12. The molecule has 3 N–H and O–H groups in total. The highest BCUT2D eigenvalue weighted by Gasteiger charge is 2.30. The molecule has 0 saturated heterocycles. The number of para-hydroxylation sites is 1. The maximum Gasteiger partial charge on any atom is 0.573 e. The summed E-state index contributed by atoms with van der Waals surface area (Å²) in [6.45, 7) is 0.695. The number of aromatic nitrogens is 1. The molecule has 1 heterocycles. The zero-order valence-electron chi connectivity index (χ0n) is 14.6. The standard InChI is InChI=1S/C19H17F3N4O.HI/c20-19(21,22)27-16-8-6-13(7-9-16)11-25-18(23)26-12-15-4-1-3-14-5-2-10-24-17(14)15;/h1-10H,11-12H2,(H3,23,25,26);1H. The van der Waals surface area contributed by atoms with E-state index in [2.05, 4.69) is 20.0 Å². The fourth-order valence-electron chi connectivity index (χ4n) is 2.52. The Balaban J connectivity index is 0.00000280. The van der Waals surface area contributed by atoms with E-state index in [1.165, 1.54) is 24.3 Å². The van der Waals surface area contributed by atoms with E-state index in [4.69, 9.17) is 5.73 Å². The minimum Gasteiger partial charge on any atom is -0.406 e. The van der Waals surface area contributed by atoms with Crippen molar-refractivity contribution >= 4 is 40.8 Å². The monoisotopic (exact) mass is 502 g/mol. The van der Waals surface area contributed by atoms with Crippen LogP contribution >= 0.6 is 24.0 Å². The van der Waals surface area contributed by atoms with Gasteiger partial charge in [-0.25, -0.2) is 4.99 Å². The van der Waals surface area contributed by atoms with Crippen LogP contribution in [0.2, 0.25) is 0 Å². The maximum atomic E-state index is 12.1. The number of pyridine rings is 1. The molecule has 0 radical (unpaired) electrons. The Morgan fingerprint density at radius 3 is 2.50 bits per heavy atom. The van der Waals surface area contributed by atoms with Crippen LogP contribution in [0.1, 0.15) is 11.1 Å². The van der Waals surface area contributed by atoms with Crippen LogP contribution in [0.5, 0.6) is 5.75 Å². The van der Waals surface area contributed by atoms with E-state index in [0.29, 0.717) is 12.1 Å². The van der Waals surface area contributed by atoms with Crippen molar-refractivity contribution in [3.05, 3.63) is 71.9 Å². The Hall–Kier alpha value is -2.56. The lowest BCUT2D eigenvalue weighted by molar-refractivity contribution is -0.274. The van der Waals surface area contributed by atoms with Crippen molar-refractivity contribution in [2.75, 3.05) is 0 Å². The lowest BCUT2D eigenvalue weighted by Crippen LogP contribution is -2.31. The minimum atomic E-state index is -4.70. The molecule has 28 heavy (non-hydrogen) atoms. The van der Waals surface area contributed by atoms with Crippen LogP contribution in [-0.4, -0.2) is 17.3 Å². The summed E-state index contributed by atoms with van der Waals surface area (Å²) in [6.07, 6.45) is -2.97. The van der Waals surface area contributed by atoms with Gasteiger partial charge in [-0.15, -0.1) is 37.1 Å². The van der Waals surface area contributed by atoms with Crippen LogP contribution in [0, 0.1) is 0 Å². The first-order chi connectivity index (χ1) is 12.9. The number of rotatable bonds is 5. The lowest BCUT2D eigenvalue weighted by Gasteiger charge is -2.09. The quantitative estimate of drug-likeness (QED) is 0.309. The summed E-state index contributed by atoms with van der Waals surface area (Å²) in [5.74, 6) is -0.0386. The molecule has 9 heteroatoms. The van der Waals surface area contributed by atoms with Gasteiger partial charge in [-0.05, 0) is 29.3 Å². The van der Waals surface area contributed by atoms with E-state index in [9.17, 15) is 13.2 Å². The second kappa shape index (κ2) is 9.58. The molecule has 0 aliphatic rings. The van der Waals surface area contributed by atoms with Crippen LogP contribution in [0.3, 0.4) is 0 Å². The molecule has 148 valence electrons. The van der Waals surface area contributed by atoms with Gasteiger partial charge >= 0.3 is 6.36 Å². The van der Waals surface area contributed by atoms with Crippen LogP contribution in [0.25, 0.3) is 10.9 Å². The third-order valence-electron chi connectivity index (χ3n) is 3.77. The molecular weight excluding hydrogens is 484 g/mol. The average Bonchev–Trinajstić information content (AvgIpc) is 2.64. The van der Waals surface area contributed by atoms with Gasteiger partial charge in [0.25, 0.3) is 0 Å². The number of nitrogens with two attached hydrogens (primary N) is 1. The number of nitrogens with one attached hydrogen (secondary N) is 1. The number of alkyl halides is 3. The van der Waals surface area contributed by atoms with Gasteiger partial charge in [-0.3, -0.25) is 4.98 Å². The second-order valence-electron chi connectivity index (χ2n) is 5.74. The Morgan fingerprint density at radius 2 is 1.79 bits per heavy atom. The molecule has 1 aromatic heterocycles. The number of benzene rings is 2. The third kappa shape index (κ3) is 6.25. The highest BCUT2D eigenvalue weighted by atomic mass is 127. The number of halogens is 4. The van der Waals surface area contributed by atoms with Gasteiger partial charge in [0, 0.05) is 18.1 Å². The van der Waals surface area contributed by atoms with Gasteiger partial charge < -0.3 is 15.8 Å². The molecule has 0 spiro atoms. The van der Waals surface area contributed by atoms with E-state index in [0.717, 1.165) is 16.5 Å². The number of nitrogens with zero attached hydrogens (tertiary/aromatic N) is 2. The van der Waals surface area contributed by atoms with Gasteiger partial charge in [-0.1, -0.05) is 36.4 Å². The Bertz CT molecular complexity index is 941. The number of hydrogen-bond donors (Lipinski definition) is 2. The van der Waals surface area contributed by atoms with E-state index >= 15 is 0 Å². The van der Waals surface area contributed by atoms with E-state index in [-0.39, 0.29) is 42.2 Å². The van der Waals surface area contributed by atoms with Crippen molar-refractivity contribution < 1.29 is 17.9 Å².